The molecular formula is C13H11BrO. The van der Waals surface area contributed by atoms with E-state index < -0.39 is 0 Å². The number of furan rings is 1. The predicted octanol–water partition coefficient (Wildman–Crippen LogP) is 2.96. The average Bonchev–Trinajstić information content (AvgIpc) is 2.59. The minimum Gasteiger partial charge on any atom is -0.455 e. The summed E-state index contributed by atoms with van der Waals surface area (Å²) < 4.78 is 6.73. The van der Waals surface area contributed by atoms with Crippen LogP contribution in [0.15, 0.2) is 39.7 Å². The molecule has 1 nitrogen and oxygen atoms in total. The van der Waals surface area contributed by atoms with Crippen LogP contribution in [0, 0.1) is 0 Å². The molecule has 0 aliphatic heterocycles. The monoisotopic (exact) mass is 262 g/mol. The molecule has 2 heteroatoms. The van der Waals surface area contributed by atoms with Gasteiger partial charge >= 0.3 is 0 Å². The van der Waals surface area contributed by atoms with Gasteiger partial charge in [0.1, 0.15) is 11.0 Å². The Morgan fingerprint density at radius 2 is 2.20 bits per heavy atom. The molecule has 0 aliphatic carbocycles. The van der Waals surface area contributed by atoms with Gasteiger partial charge in [-0.25, -0.2) is 0 Å². The predicted molar refractivity (Wildman–Crippen MR) is 68.0 cm³/mol. The first-order valence-electron chi connectivity index (χ1n) is 4.74. The molecule has 2 rings (SSSR count). The van der Waals surface area contributed by atoms with Gasteiger partial charge in [-0.05, 0) is 35.0 Å². The number of hydrogen-bond donors (Lipinski definition) is 0. The molecular weight excluding hydrogens is 252 g/mol. The molecule has 0 saturated carbocycles. The zero-order chi connectivity index (χ0) is 10.8. The van der Waals surface area contributed by atoms with E-state index >= 15 is 0 Å². The SMILES string of the molecule is C=C/C=c1\c(=C/C)oc2c(Br)cccc12. The van der Waals surface area contributed by atoms with Crippen LogP contribution in [-0.4, -0.2) is 0 Å². The molecule has 1 aromatic heterocycles. The molecule has 0 N–H and O–H groups in total. The number of fused-ring (bicyclic) bond motifs is 1. The van der Waals surface area contributed by atoms with Crippen LogP contribution >= 0.6 is 15.9 Å². The largest absolute Gasteiger partial charge is 0.455 e. The normalized spacial score (nSPS) is 13.7. The highest BCUT2D eigenvalue weighted by atomic mass is 79.9. The molecule has 76 valence electrons. The van der Waals surface area contributed by atoms with Crippen molar-refractivity contribution in [3.8, 4) is 0 Å². The Balaban J connectivity index is 3.07. The number of rotatable bonds is 1. The van der Waals surface area contributed by atoms with Crippen molar-refractivity contribution in [3.63, 3.8) is 0 Å². The second-order valence-electron chi connectivity index (χ2n) is 3.19. The van der Waals surface area contributed by atoms with E-state index in [1.807, 2.05) is 37.3 Å². The van der Waals surface area contributed by atoms with Crippen molar-refractivity contribution in [2.45, 2.75) is 6.92 Å². The van der Waals surface area contributed by atoms with Gasteiger partial charge < -0.3 is 4.42 Å². The summed E-state index contributed by atoms with van der Waals surface area (Å²) in [5, 5.41) is 2.20. The molecule has 0 atom stereocenters. The Kier molecular flexibility index (Phi) is 2.78. The minimum absolute atomic E-state index is 0.886. The lowest BCUT2D eigenvalue weighted by Gasteiger charge is -1.89. The maximum atomic E-state index is 5.75. The molecule has 0 saturated heterocycles. The Bertz CT molecular complexity index is 620. The number of hydrogen-bond acceptors (Lipinski definition) is 1. The molecule has 0 unspecified atom stereocenters. The second-order valence-corrected chi connectivity index (χ2v) is 4.04. The van der Waals surface area contributed by atoms with Crippen molar-refractivity contribution in [3.05, 3.63) is 46.0 Å². The van der Waals surface area contributed by atoms with Gasteiger partial charge in [-0.1, -0.05) is 30.9 Å². The third kappa shape index (κ3) is 1.65. The summed E-state index contributed by atoms with van der Waals surface area (Å²) in [7, 11) is 0. The maximum absolute atomic E-state index is 5.75. The molecule has 15 heavy (non-hydrogen) atoms. The highest BCUT2D eigenvalue weighted by Gasteiger charge is 2.04. The zero-order valence-corrected chi connectivity index (χ0v) is 10.0. The first-order valence-corrected chi connectivity index (χ1v) is 5.53. The molecule has 0 spiro atoms. The van der Waals surface area contributed by atoms with Crippen molar-refractivity contribution in [2.24, 2.45) is 0 Å². The second kappa shape index (κ2) is 4.07. The van der Waals surface area contributed by atoms with E-state index in [9.17, 15) is 0 Å². The first-order chi connectivity index (χ1) is 7.27. The Morgan fingerprint density at radius 1 is 1.40 bits per heavy atom. The number of para-hydroxylation sites is 1. The van der Waals surface area contributed by atoms with Gasteiger partial charge in [0.15, 0.2) is 0 Å². The van der Waals surface area contributed by atoms with Gasteiger partial charge in [0, 0.05) is 10.6 Å². The van der Waals surface area contributed by atoms with Crippen molar-refractivity contribution >= 4 is 39.1 Å². The van der Waals surface area contributed by atoms with E-state index in [1.54, 1.807) is 6.08 Å². The van der Waals surface area contributed by atoms with E-state index in [0.717, 1.165) is 26.1 Å². The summed E-state index contributed by atoms with van der Waals surface area (Å²) in [6.45, 7) is 5.68. The Morgan fingerprint density at radius 3 is 2.87 bits per heavy atom. The summed E-state index contributed by atoms with van der Waals surface area (Å²) in [5.41, 5.74) is 1.77. The highest BCUT2D eigenvalue weighted by molar-refractivity contribution is 9.10. The molecule has 0 aliphatic rings. The fraction of sp³-hybridized carbons (Fsp3) is 0.0769. The molecule has 1 heterocycles. The van der Waals surface area contributed by atoms with Crippen LogP contribution in [0.2, 0.25) is 0 Å². The lowest BCUT2D eigenvalue weighted by molar-refractivity contribution is 0.573. The molecule has 2 aromatic rings. The third-order valence-electron chi connectivity index (χ3n) is 2.28. The van der Waals surface area contributed by atoms with Gasteiger partial charge in [0.05, 0.1) is 4.47 Å². The number of benzene rings is 1. The first kappa shape index (κ1) is 10.2. The zero-order valence-electron chi connectivity index (χ0n) is 8.46. The van der Waals surface area contributed by atoms with Crippen LogP contribution in [0.25, 0.3) is 23.1 Å². The molecule has 0 amide bonds. The Labute approximate surface area is 96.5 Å². The smallest absolute Gasteiger partial charge is 0.149 e. The van der Waals surface area contributed by atoms with Crippen molar-refractivity contribution in [1.29, 1.82) is 0 Å². The van der Waals surface area contributed by atoms with E-state index in [0.29, 0.717) is 0 Å². The van der Waals surface area contributed by atoms with Crippen LogP contribution in [0.5, 0.6) is 0 Å². The highest BCUT2D eigenvalue weighted by Crippen LogP contribution is 2.20. The maximum Gasteiger partial charge on any atom is 0.149 e. The lowest BCUT2D eigenvalue weighted by atomic mass is 10.2. The summed E-state index contributed by atoms with van der Waals surface area (Å²) in [5.74, 6) is 0. The summed E-state index contributed by atoms with van der Waals surface area (Å²) >= 11 is 3.48. The quantitative estimate of drug-likeness (QED) is 0.771. The molecule has 0 bridgehead atoms. The van der Waals surface area contributed by atoms with Gasteiger partial charge in [-0.15, -0.1) is 0 Å². The van der Waals surface area contributed by atoms with Crippen LogP contribution in [0.3, 0.4) is 0 Å². The average molecular weight is 263 g/mol. The van der Waals surface area contributed by atoms with E-state index in [1.165, 1.54) is 0 Å². The van der Waals surface area contributed by atoms with Crippen molar-refractivity contribution < 1.29 is 4.42 Å². The van der Waals surface area contributed by atoms with Crippen LogP contribution in [0.4, 0.5) is 0 Å². The van der Waals surface area contributed by atoms with Gasteiger partial charge in [0.25, 0.3) is 0 Å². The molecule has 0 fully saturated rings. The van der Waals surface area contributed by atoms with Crippen molar-refractivity contribution in [2.75, 3.05) is 0 Å². The van der Waals surface area contributed by atoms with Crippen LogP contribution < -0.4 is 10.6 Å². The van der Waals surface area contributed by atoms with Crippen LogP contribution in [-0.2, 0) is 0 Å². The Hall–Kier alpha value is -1.28. The van der Waals surface area contributed by atoms with Gasteiger partial charge in [0.2, 0.25) is 0 Å². The van der Waals surface area contributed by atoms with Gasteiger partial charge in [-0.3, -0.25) is 0 Å². The topological polar surface area (TPSA) is 13.1 Å². The minimum atomic E-state index is 0.886. The standard InChI is InChI=1S/C13H11BrO/c1-3-6-9-10-7-5-8-11(14)13(10)15-12(9)4-2/h3-8H,1H2,2H3/b9-6-,12-4+. The summed E-state index contributed by atoms with van der Waals surface area (Å²) in [4.78, 5) is 0. The fourth-order valence-corrected chi connectivity index (χ4v) is 2.07. The van der Waals surface area contributed by atoms with Gasteiger partial charge in [-0.2, -0.15) is 0 Å². The number of halogens is 1. The van der Waals surface area contributed by atoms with Crippen molar-refractivity contribution in [1.82, 2.24) is 0 Å². The molecule has 0 radical (unpaired) electrons. The third-order valence-corrected chi connectivity index (χ3v) is 2.91. The van der Waals surface area contributed by atoms with E-state index in [4.69, 9.17) is 4.42 Å². The summed E-state index contributed by atoms with van der Waals surface area (Å²) in [6.07, 6.45) is 5.70. The number of allylic oxidation sites excluding steroid dienone is 1. The lowest BCUT2D eigenvalue weighted by Crippen LogP contribution is -2.18. The summed E-state index contributed by atoms with van der Waals surface area (Å²) in [6, 6.07) is 6.02. The van der Waals surface area contributed by atoms with E-state index in [2.05, 4.69) is 22.5 Å². The van der Waals surface area contributed by atoms with Crippen LogP contribution in [0.1, 0.15) is 6.92 Å². The fourth-order valence-electron chi connectivity index (χ4n) is 1.63. The molecule has 1 aromatic carbocycles. The van der Waals surface area contributed by atoms with E-state index in [-0.39, 0.29) is 0 Å².